The van der Waals surface area contributed by atoms with Gasteiger partial charge < -0.3 is 9.47 Å². The minimum atomic E-state index is -0.860. The normalized spacial score (nSPS) is 16.4. The average molecular weight is 573 g/mol. The molecule has 1 aliphatic carbocycles. The van der Waals surface area contributed by atoms with Crippen molar-refractivity contribution in [3.8, 4) is 0 Å². The van der Waals surface area contributed by atoms with Crippen LogP contribution in [0.1, 0.15) is 37.9 Å². The second-order valence-electron chi connectivity index (χ2n) is 9.61. The van der Waals surface area contributed by atoms with Gasteiger partial charge in [-0.1, -0.05) is 84.9 Å². The predicted molar refractivity (Wildman–Crippen MR) is 157 cm³/mol. The Morgan fingerprint density at radius 1 is 0.615 bits per heavy atom. The molecule has 0 aliphatic heterocycles. The van der Waals surface area contributed by atoms with E-state index in [2.05, 4.69) is 58.4 Å². The van der Waals surface area contributed by atoms with Crippen molar-refractivity contribution in [2.75, 3.05) is 0 Å². The molecule has 5 heteroatoms. The van der Waals surface area contributed by atoms with E-state index in [0.717, 1.165) is 31.8 Å². The minimum absolute atomic E-state index is 0.426. The van der Waals surface area contributed by atoms with E-state index in [1.54, 1.807) is 48.5 Å². The van der Waals surface area contributed by atoms with E-state index >= 15 is 0 Å². The standard InChI is InChI=1S/C34H21BrO4/c35-31-26-17-15-21-13-7-12-20-14-16-24(29(26)28(20)21)25-18-19-27(38-33(36)22-8-3-1-4-9-22)32(30(25)31)39-34(37)23-10-5-2-6-11-23/h1-19,27,32H/t27-,32+/m1/s1. The maximum absolute atomic E-state index is 13.3. The van der Waals surface area contributed by atoms with Crippen LogP contribution >= 0.6 is 15.9 Å². The van der Waals surface area contributed by atoms with Gasteiger partial charge in [-0.15, -0.1) is 0 Å². The Morgan fingerprint density at radius 2 is 1.21 bits per heavy atom. The number of carbonyl (C=O) groups excluding carboxylic acids is 2. The van der Waals surface area contributed by atoms with Crippen LogP contribution in [0.15, 0.2) is 114 Å². The summed E-state index contributed by atoms with van der Waals surface area (Å²) in [5.74, 6) is -0.970. The maximum atomic E-state index is 13.3. The lowest BCUT2D eigenvalue weighted by molar-refractivity contribution is -0.0230. The molecule has 0 amide bonds. The Labute approximate surface area is 232 Å². The fourth-order valence-corrected chi connectivity index (χ4v) is 6.33. The number of halogens is 1. The molecule has 7 rings (SSSR count). The highest BCUT2D eigenvalue weighted by atomic mass is 79.9. The third kappa shape index (κ3) is 3.89. The molecule has 2 atom stereocenters. The van der Waals surface area contributed by atoms with Gasteiger partial charge in [-0.2, -0.15) is 0 Å². The summed E-state index contributed by atoms with van der Waals surface area (Å²) in [6.45, 7) is 0. The van der Waals surface area contributed by atoms with E-state index in [1.807, 2.05) is 24.3 Å². The molecule has 188 valence electrons. The molecule has 0 spiro atoms. The molecule has 0 N–H and O–H groups in total. The van der Waals surface area contributed by atoms with Crippen molar-refractivity contribution in [1.82, 2.24) is 0 Å². The van der Waals surface area contributed by atoms with Crippen LogP contribution < -0.4 is 0 Å². The van der Waals surface area contributed by atoms with Crippen molar-refractivity contribution in [1.29, 1.82) is 0 Å². The fourth-order valence-electron chi connectivity index (χ4n) is 5.56. The summed E-state index contributed by atoms with van der Waals surface area (Å²) in [5.41, 5.74) is 2.57. The lowest BCUT2D eigenvalue weighted by Crippen LogP contribution is -2.30. The third-order valence-corrected chi connectivity index (χ3v) is 8.22. The van der Waals surface area contributed by atoms with Crippen molar-refractivity contribution in [3.05, 3.63) is 136 Å². The molecule has 0 aromatic heterocycles. The first-order valence-electron chi connectivity index (χ1n) is 12.7. The van der Waals surface area contributed by atoms with E-state index in [9.17, 15) is 9.59 Å². The number of benzene rings is 6. The first-order chi connectivity index (χ1) is 19.1. The first kappa shape index (κ1) is 23.6. The highest BCUT2D eigenvalue weighted by Gasteiger charge is 2.36. The van der Waals surface area contributed by atoms with Crippen LogP contribution in [0.5, 0.6) is 0 Å². The molecule has 0 bridgehead atoms. The van der Waals surface area contributed by atoms with E-state index in [-0.39, 0.29) is 0 Å². The Hall–Kier alpha value is -4.48. The summed E-state index contributed by atoms with van der Waals surface area (Å²) >= 11 is 3.87. The number of hydrogen-bond donors (Lipinski definition) is 0. The monoisotopic (exact) mass is 572 g/mol. The van der Waals surface area contributed by atoms with Gasteiger partial charge >= 0.3 is 11.9 Å². The summed E-state index contributed by atoms with van der Waals surface area (Å²) in [6.07, 6.45) is 2.11. The molecule has 0 heterocycles. The van der Waals surface area contributed by atoms with Crippen molar-refractivity contribution in [2.24, 2.45) is 0 Å². The van der Waals surface area contributed by atoms with Crippen molar-refractivity contribution in [3.63, 3.8) is 0 Å². The summed E-state index contributed by atoms with van der Waals surface area (Å²) in [4.78, 5) is 26.4. The molecule has 4 nitrogen and oxygen atoms in total. The largest absolute Gasteiger partial charge is 0.450 e. The number of hydrogen-bond acceptors (Lipinski definition) is 4. The van der Waals surface area contributed by atoms with Gasteiger partial charge in [0.15, 0.2) is 12.2 Å². The molecule has 6 aromatic rings. The van der Waals surface area contributed by atoms with Gasteiger partial charge in [0.2, 0.25) is 0 Å². The SMILES string of the molecule is O=C(O[C@@H]1c2c(Br)c3ccc4cccc5ccc(c2C=C[C@H]1OC(=O)c1ccccc1)c3c45)c1ccccc1. The zero-order valence-electron chi connectivity index (χ0n) is 20.6. The summed E-state index contributed by atoms with van der Waals surface area (Å²) in [5, 5.41) is 6.74. The van der Waals surface area contributed by atoms with E-state index in [0.29, 0.717) is 11.1 Å². The maximum Gasteiger partial charge on any atom is 0.338 e. The van der Waals surface area contributed by atoms with E-state index in [1.165, 1.54) is 16.2 Å². The second kappa shape index (κ2) is 9.37. The fraction of sp³-hybridized carbons (Fsp3) is 0.0588. The van der Waals surface area contributed by atoms with Gasteiger partial charge in [0.25, 0.3) is 0 Å². The van der Waals surface area contributed by atoms with Crippen LogP contribution in [0, 0.1) is 0 Å². The van der Waals surface area contributed by atoms with E-state index in [4.69, 9.17) is 9.47 Å². The number of fused-ring (bicyclic) bond motifs is 2. The first-order valence-corrected chi connectivity index (χ1v) is 13.5. The number of carbonyl (C=O) groups is 2. The topological polar surface area (TPSA) is 52.6 Å². The smallest absolute Gasteiger partial charge is 0.338 e. The Morgan fingerprint density at radius 3 is 1.85 bits per heavy atom. The molecule has 39 heavy (non-hydrogen) atoms. The predicted octanol–water partition coefficient (Wildman–Crippen LogP) is 8.50. The molecule has 0 saturated carbocycles. The Kier molecular flexibility index (Phi) is 5.67. The zero-order valence-corrected chi connectivity index (χ0v) is 22.2. The van der Waals surface area contributed by atoms with Crippen LogP contribution in [0.4, 0.5) is 0 Å². The lowest BCUT2D eigenvalue weighted by atomic mass is 9.84. The molecule has 1 aliphatic rings. The van der Waals surface area contributed by atoms with Crippen molar-refractivity contribution >= 4 is 66.3 Å². The van der Waals surface area contributed by atoms with Crippen LogP contribution in [0.2, 0.25) is 0 Å². The zero-order chi connectivity index (χ0) is 26.5. The van der Waals surface area contributed by atoms with Crippen molar-refractivity contribution in [2.45, 2.75) is 12.2 Å². The molecule has 6 aromatic carbocycles. The molecule has 0 unspecified atom stereocenters. The second-order valence-corrected chi connectivity index (χ2v) is 10.4. The molecular formula is C34H21BrO4. The lowest BCUT2D eigenvalue weighted by Gasteiger charge is -2.31. The highest BCUT2D eigenvalue weighted by molar-refractivity contribution is 9.10. The van der Waals surface area contributed by atoms with Gasteiger partial charge in [-0.3, -0.25) is 0 Å². The van der Waals surface area contributed by atoms with Crippen LogP contribution in [-0.4, -0.2) is 18.0 Å². The highest BCUT2D eigenvalue weighted by Crippen LogP contribution is 2.47. The quantitative estimate of drug-likeness (QED) is 0.157. The van der Waals surface area contributed by atoms with Gasteiger partial charge in [0, 0.05) is 10.0 Å². The van der Waals surface area contributed by atoms with Gasteiger partial charge in [-0.05, 0) is 84.2 Å². The Balaban J connectivity index is 1.41. The van der Waals surface area contributed by atoms with Crippen LogP contribution in [-0.2, 0) is 9.47 Å². The molecule has 0 fully saturated rings. The van der Waals surface area contributed by atoms with Crippen LogP contribution in [0.25, 0.3) is 38.4 Å². The summed E-state index contributed by atoms with van der Waals surface area (Å²) < 4.78 is 12.9. The van der Waals surface area contributed by atoms with E-state index < -0.39 is 24.1 Å². The molecule has 0 saturated heterocycles. The number of esters is 2. The van der Waals surface area contributed by atoms with Crippen molar-refractivity contribution < 1.29 is 19.1 Å². The van der Waals surface area contributed by atoms with Gasteiger partial charge in [0.1, 0.15) is 0 Å². The van der Waals surface area contributed by atoms with Crippen LogP contribution in [0.3, 0.4) is 0 Å². The number of ether oxygens (including phenoxy) is 2. The Bertz CT molecular complexity index is 1900. The molecule has 0 radical (unpaired) electrons. The summed E-state index contributed by atoms with van der Waals surface area (Å²) in [6, 6.07) is 32.4. The third-order valence-electron chi connectivity index (χ3n) is 7.36. The summed E-state index contributed by atoms with van der Waals surface area (Å²) in [7, 11) is 0. The average Bonchev–Trinajstić information content (AvgIpc) is 2.98. The number of rotatable bonds is 4. The molecular weight excluding hydrogens is 552 g/mol. The van der Waals surface area contributed by atoms with Gasteiger partial charge in [0.05, 0.1) is 11.1 Å². The van der Waals surface area contributed by atoms with Gasteiger partial charge in [-0.25, -0.2) is 9.59 Å². The minimum Gasteiger partial charge on any atom is -0.450 e.